The van der Waals surface area contributed by atoms with E-state index in [0.29, 0.717) is 17.4 Å². The fourth-order valence-electron chi connectivity index (χ4n) is 1.79. The second-order valence-electron chi connectivity index (χ2n) is 4.49. The molecule has 3 nitrogen and oxygen atoms in total. The molecular formula is C17H13ClN2OS. The molecule has 0 bridgehead atoms. The van der Waals surface area contributed by atoms with Crippen molar-refractivity contribution in [2.45, 2.75) is 6.61 Å². The molecule has 2 aromatic carbocycles. The molecule has 0 saturated heterocycles. The van der Waals surface area contributed by atoms with Crippen LogP contribution in [0.2, 0.25) is 5.02 Å². The minimum Gasteiger partial charge on any atom is -0.488 e. The molecule has 2 N–H and O–H groups in total. The van der Waals surface area contributed by atoms with Crippen molar-refractivity contribution in [2.24, 2.45) is 5.73 Å². The first-order valence-corrected chi connectivity index (χ1v) is 7.26. The topological polar surface area (TPSA) is 59.0 Å². The average Bonchev–Trinajstić information content (AvgIpc) is 2.52. The molecule has 2 rings (SSSR count). The van der Waals surface area contributed by atoms with E-state index in [4.69, 9.17) is 39.6 Å². The highest BCUT2D eigenvalue weighted by molar-refractivity contribution is 7.80. The van der Waals surface area contributed by atoms with Crippen LogP contribution in [0.5, 0.6) is 5.75 Å². The number of halogens is 1. The molecule has 0 fully saturated rings. The normalized spacial score (nSPS) is 10.8. The summed E-state index contributed by atoms with van der Waals surface area (Å²) in [6.45, 7) is 0.400. The number of nitrogens with zero attached hydrogens (tertiary/aromatic N) is 1. The maximum absolute atomic E-state index is 9.04. The molecule has 22 heavy (non-hydrogen) atoms. The Morgan fingerprint density at radius 1 is 1.23 bits per heavy atom. The number of hydrogen-bond donors (Lipinski definition) is 1. The van der Waals surface area contributed by atoms with E-state index >= 15 is 0 Å². The summed E-state index contributed by atoms with van der Waals surface area (Å²) in [5.74, 6) is 0.654. The Balaban J connectivity index is 2.20. The van der Waals surface area contributed by atoms with Crippen molar-refractivity contribution in [2.75, 3.05) is 0 Å². The zero-order valence-corrected chi connectivity index (χ0v) is 13.2. The highest BCUT2D eigenvalue weighted by atomic mass is 35.5. The van der Waals surface area contributed by atoms with E-state index in [2.05, 4.69) is 0 Å². The van der Waals surface area contributed by atoms with E-state index in [1.807, 2.05) is 54.6 Å². The number of hydrogen-bond acceptors (Lipinski definition) is 3. The quantitative estimate of drug-likeness (QED) is 0.509. The molecule has 0 heterocycles. The van der Waals surface area contributed by atoms with Crippen LogP contribution < -0.4 is 10.5 Å². The molecule has 0 atom stereocenters. The zero-order valence-electron chi connectivity index (χ0n) is 11.6. The van der Waals surface area contributed by atoms with Crippen LogP contribution >= 0.6 is 23.8 Å². The van der Waals surface area contributed by atoms with Crippen LogP contribution in [-0.2, 0) is 6.61 Å². The Hall–Kier alpha value is -2.35. The molecule has 0 aliphatic carbocycles. The SMILES string of the molecule is N#C/C(=C\c1ccccc1OCc1ccc(Cl)cc1)C(N)=S. The fourth-order valence-corrected chi connectivity index (χ4v) is 2.02. The van der Waals surface area contributed by atoms with Gasteiger partial charge in [0, 0.05) is 10.6 Å². The van der Waals surface area contributed by atoms with E-state index in [-0.39, 0.29) is 10.6 Å². The number of nitrogens with two attached hydrogens (primary N) is 1. The highest BCUT2D eigenvalue weighted by Gasteiger charge is 2.05. The molecule has 0 aromatic heterocycles. The molecule has 0 radical (unpaired) electrons. The van der Waals surface area contributed by atoms with Gasteiger partial charge < -0.3 is 10.5 Å². The van der Waals surface area contributed by atoms with Crippen molar-refractivity contribution in [1.29, 1.82) is 5.26 Å². The van der Waals surface area contributed by atoms with E-state index in [0.717, 1.165) is 11.1 Å². The molecule has 0 aliphatic rings. The third kappa shape index (κ3) is 4.32. The van der Waals surface area contributed by atoms with Gasteiger partial charge in [-0.05, 0) is 29.8 Å². The first-order valence-electron chi connectivity index (χ1n) is 6.48. The van der Waals surface area contributed by atoms with Crippen LogP contribution in [0.25, 0.3) is 6.08 Å². The van der Waals surface area contributed by atoms with Gasteiger partial charge in [-0.25, -0.2) is 0 Å². The first-order chi connectivity index (χ1) is 10.6. The monoisotopic (exact) mass is 328 g/mol. The molecule has 110 valence electrons. The minimum absolute atomic E-state index is 0.0648. The van der Waals surface area contributed by atoms with Crippen LogP contribution in [0.1, 0.15) is 11.1 Å². The second-order valence-corrected chi connectivity index (χ2v) is 5.36. The van der Waals surface area contributed by atoms with Crippen molar-refractivity contribution >= 4 is 34.9 Å². The maximum atomic E-state index is 9.04. The Bertz CT molecular complexity index is 748. The molecule has 2 aromatic rings. The molecule has 0 spiro atoms. The van der Waals surface area contributed by atoms with Gasteiger partial charge in [0.15, 0.2) is 0 Å². The summed E-state index contributed by atoms with van der Waals surface area (Å²) in [5.41, 5.74) is 7.51. The number of ether oxygens (including phenoxy) is 1. The van der Waals surface area contributed by atoms with Crippen molar-refractivity contribution < 1.29 is 4.74 Å². The summed E-state index contributed by atoms with van der Waals surface area (Å²) in [6, 6.07) is 16.8. The molecular weight excluding hydrogens is 316 g/mol. The smallest absolute Gasteiger partial charge is 0.127 e. The summed E-state index contributed by atoms with van der Waals surface area (Å²) in [7, 11) is 0. The van der Waals surface area contributed by atoms with Crippen LogP contribution in [0.15, 0.2) is 54.1 Å². The predicted octanol–water partition coefficient (Wildman–Crippen LogP) is 4.11. The van der Waals surface area contributed by atoms with Crippen molar-refractivity contribution in [3.8, 4) is 11.8 Å². The van der Waals surface area contributed by atoms with Gasteiger partial charge in [-0.3, -0.25) is 0 Å². The number of rotatable bonds is 5. The summed E-state index contributed by atoms with van der Waals surface area (Å²) < 4.78 is 5.81. The standard InChI is InChI=1S/C17H13ClN2OS/c18-15-7-5-12(6-8-15)11-21-16-4-2-1-3-13(16)9-14(10-19)17(20)22/h1-9H,11H2,(H2,20,22)/b14-9+. The first kappa shape index (κ1) is 16.0. The summed E-state index contributed by atoms with van der Waals surface area (Å²) in [6.07, 6.45) is 1.62. The Morgan fingerprint density at radius 3 is 2.55 bits per heavy atom. The van der Waals surface area contributed by atoms with Gasteiger partial charge in [0.05, 0.1) is 5.57 Å². The van der Waals surface area contributed by atoms with Crippen molar-refractivity contribution in [3.63, 3.8) is 0 Å². The van der Waals surface area contributed by atoms with Gasteiger partial charge >= 0.3 is 0 Å². The zero-order chi connectivity index (χ0) is 15.9. The lowest BCUT2D eigenvalue weighted by atomic mass is 10.1. The Labute approximate surface area is 139 Å². The lowest BCUT2D eigenvalue weighted by molar-refractivity contribution is 0.305. The van der Waals surface area contributed by atoms with Gasteiger partial charge in [0.1, 0.15) is 23.4 Å². The van der Waals surface area contributed by atoms with Gasteiger partial charge in [0.2, 0.25) is 0 Å². The van der Waals surface area contributed by atoms with Gasteiger partial charge in [0.25, 0.3) is 0 Å². The van der Waals surface area contributed by atoms with Crippen molar-refractivity contribution in [1.82, 2.24) is 0 Å². The van der Waals surface area contributed by atoms with Crippen LogP contribution in [0, 0.1) is 11.3 Å². The highest BCUT2D eigenvalue weighted by Crippen LogP contribution is 2.22. The third-order valence-corrected chi connectivity index (χ3v) is 3.38. The molecule has 0 aliphatic heterocycles. The van der Waals surface area contributed by atoms with Gasteiger partial charge in [-0.2, -0.15) is 5.26 Å². The predicted molar refractivity (Wildman–Crippen MR) is 92.6 cm³/mol. The molecule has 0 saturated carbocycles. The van der Waals surface area contributed by atoms with Crippen molar-refractivity contribution in [3.05, 3.63) is 70.3 Å². The number of para-hydroxylation sites is 1. The Morgan fingerprint density at radius 2 is 1.91 bits per heavy atom. The van der Waals surface area contributed by atoms with Gasteiger partial charge in [-0.1, -0.05) is 54.2 Å². The van der Waals surface area contributed by atoms with Crippen LogP contribution in [0.4, 0.5) is 0 Å². The second kappa shape index (κ2) is 7.60. The van der Waals surface area contributed by atoms with E-state index < -0.39 is 0 Å². The lowest BCUT2D eigenvalue weighted by Gasteiger charge is -2.09. The number of benzene rings is 2. The molecule has 0 amide bonds. The number of nitriles is 1. The summed E-state index contributed by atoms with van der Waals surface area (Å²) in [4.78, 5) is 0.0648. The number of thiocarbonyl (C=S) groups is 1. The molecule has 0 unspecified atom stereocenters. The van der Waals surface area contributed by atoms with Crippen LogP contribution in [-0.4, -0.2) is 4.99 Å². The van der Waals surface area contributed by atoms with E-state index in [9.17, 15) is 0 Å². The fraction of sp³-hybridized carbons (Fsp3) is 0.0588. The molecule has 5 heteroatoms. The minimum atomic E-state index is 0.0648. The van der Waals surface area contributed by atoms with E-state index in [1.165, 1.54) is 0 Å². The maximum Gasteiger partial charge on any atom is 0.127 e. The average molecular weight is 329 g/mol. The summed E-state index contributed by atoms with van der Waals surface area (Å²) in [5, 5.41) is 9.73. The Kier molecular flexibility index (Phi) is 5.54. The lowest BCUT2D eigenvalue weighted by Crippen LogP contribution is -2.09. The summed E-state index contributed by atoms with van der Waals surface area (Å²) >= 11 is 10.7. The largest absolute Gasteiger partial charge is 0.488 e. The van der Waals surface area contributed by atoms with Gasteiger partial charge in [-0.15, -0.1) is 0 Å². The third-order valence-electron chi connectivity index (χ3n) is 2.91. The van der Waals surface area contributed by atoms with Crippen LogP contribution in [0.3, 0.4) is 0 Å². The van der Waals surface area contributed by atoms with E-state index in [1.54, 1.807) is 6.08 Å².